The number of alkyl halides is 1. The van der Waals surface area contributed by atoms with Crippen LogP contribution >= 0.6 is 22.9 Å². The summed E-state index contributed by atoms with van der Waals surface area (Å²) in [4.78, 5) is 28.2. The third-order valence-electron chi connectivity index (χ3n) is 10.6. The molecule has 2 N–H and O–H groups in total. The van der Waals surface area contributed by atoms with Crippen molar-refractivity contribution >= 4 is 60.7 Å². The van der Waals surface area contributed by atoms with Gasteiger partial charge in [-0.25, -0.2) is 13.2 Å². The predicted octanol–water partition coefficient (Wildman–Crippen LogP) is 8.10. The van der Waals surface area contributed by atoms with Gasteiger partial charge in [0.1, 0.15) is 41.0 Å². The molecule has 4 aromatic rings. The van der Waals surface area contributed by atoms with Crippen molar-refractivity contribution in [3.05, 3.63) is 40.4 Å². The molecule has 1 amide bonds. The number of nitrogens with two attached hydrogens (primary N) is 1. The molecular formula is C37H43ClF3N7O2S. The molecule has 0 radical (unpaired) electrons. The average Bonchev–Trinajstić information content (AvgIpc) is 3.87. The van der Waals surface area contributed by atoms with Crippen LogP contribution in [0.3, 0.4) is 0 Å². The van der Waals surface area contributed by atoms with Gasteiger partial charge in [-0.15, -0.1) is 11.3 Å². The molecule has 4 atom stereocenters. The van der Waals surface area contributed by atoms with Crippen molar-refractivity contribution in [3.8, 4) is 23.2 Å². The highest BCUT2D eigenvalue weighted by Crippen LogP contribution is 2.46. The van der Waals surface area contributed by atoms with Gasteiger partial charge in [0.25, 0.3) is 0 Å². The van der Waals surface area contributed by atoms with E-state index in [1.807, 2.05) is 50.5 Å². The normalized spacial score (nSPS) is 23.0. The number of hydrogen-bond donors (Lipinski definition) is 1. The van der Waals surface area contributed by atoms with Crippen molar-refractivity contribution in [2.24, 2.45) is 0 Å². The quantitative estimate of drug-likeness (QED) is 0.193. The number of nitrogen functional groups attached to an aromatic ring is 1. The number of carbonyl (C=O) groups excluding carboxylic acids is 1. The lowest BCUT2D eigenvalue weighted by Crippen LogP contribution is -2.46. The second kappa shape index (κ2) is 14.6. The van der Waals surface area contributed by atoms with Crippen LogP contribution in [0.2, 0.25) is 5.02 Å². The largest absolute Gasteiger partial charge is 0.461 e. The van der Waals surface area contributed by atoms with Crippen LogP contribution in [-0.2, 0) is 4.79 Å². The fraction of sp³-hybridized carbons (Fsp3) is 0.514. The first-order valence-electron chi connectivity index (χ1n) is 17.7. The third-order valence-corrected chi connectivity index (χ3v) is 11.9. The van der Waals surface area contributed by atoms with Gasteiger partial charge in [-0.3, -0.25) is 9.69 Å². The number of nitriles is 1. The molecule has 0 aliphatic carbocycles. The second-order valence-corrected chi connectivity index (χ2v) is 14.7. The van der Waals surface area contributed by atoms with Gasteiger partial charge in [0.2, 0.25) is 5.91 Å². The zero-order valence-electron chi connectivity index (χ0n) is 29.5. The number of halogens is 4. The van der Waals surface area contributed by atoms with Crippen LogP contribution < -0.4 is 15.4 Å². The standard InChI is InChI=1S/C35H37ClF3N7O2S.C2H6/c1-4-26(47)46-12-9-25(18(46)3)45(5-2)33-21-13-23(36)28(20-7-8-24(38)31-27(20)22(15-40)32(41)49-31)29(39)30(21)42-34(43-33)48-17-35-10-6-11-44(35)16-19(37)14-35;1-2/h7-8,13,18-19,25H,4-6,9-12,14,16-17,41H2,1-3H3;1-2H3. The van der Waals surface area contributed by atoms with Gasteiger partial charge in [-0.2, -0.15) is 15.2 Å². The summed E-state index contributed by atoms with van der Waals surface area (Å²) in [6.07, 6.45) is 2.15. The number of ether oxygens (including phenoxy) is 1. The van der Waals surface area contributed by atoms with E-state index in [1.54, 1.807) is 6.07 Å². The van der Waals surface area contributed by atoms with Gasteiger partial charge in [-0.05, 0) is 57.4 Å². The van der Waals surface area contributed by atoms with Crippen LogP contribution in [0.25, 0.3) is 32.1 Å². The number of benzene rings is 2. The number of aromatic nitrogens is 2. The van der Waals surface area contributed by atoms with Gasteiger partial charge in [0, 0.05) is 54.9 Å². The number of anilines is 2. The summed E-state index contributed by atoms with van der Waals surface area (Å²) in [5.74, 6) is -0.922. The van der Waals surface area contributed by atoms with E-state index in [1.165, 1.54) is 12.1 Å². The molecule has 4 unspecified atom stereocenters. The summed E-state index contributed by atoms with van der Waals surface area (Å²) in [7, 11) is 0. The van der Waals surface area contributed by atoms with Crippen LogP contribution in [0, 0.1) is 23.0 Å². The summed E-state index contributed by atoms with van der Waals surface area (Å²) in [5.41, 5.74) is 5.72. The smallest absolute Gasteiger partial charge is 0.319 e. The third kappa shape index (κ3) is 6.23. The van der Waals surface area contributed by atoms with E-state index in [-0.39, 0.29) is 72.9 Å². The maximum Gasteiger partial charge on any atom is 0.319 e. The van der Waals surface area contributed by atoms with E-state index in [0.29, 0.717) is 50.1 Å². The van der Waals surface area contributed by atoms with Crippen molar-refractivity contribution < 1.29 is 22.7 Å². The maximum absolute atomic E-state index is 17.1. The fourth-order valence-corrected chi connectivity index (χ4v) is 9.53. The molecule has 272 valence electrons. The molecule has 9 nitrogen and oxygen atoms in total. The minimum absolute atomic E-state index is 0.0174. The highest BCUT2D eigenvalue weighted by Gasteiger charge is 2.49. The number of hydrogen-bond acceptors (Lipinski definition) is 9. The highest BCUT2D eigenvalue weighted by molar-refractivity contribution is 7.23. The zero-order chi connectivity index (χ0) is 36.8. The number of nitrogens with zero attached hydrogens (tertiary/aromatic N) is 6. The van der Waals surface area contributed by atoms with E-state index >= 15 is 4.39 Å². The number of fused-ring (bicyclic) bond motifs is 3. The number of rotatable bonds is 8. The van der Waals surface area contributed by atoms with Gasteiger partial charge in [0.15, 0.2) is 5.82 Å². The molecule has 3 aliphatic heterocycles. The van der Waals surface area contributed by atoms with Crippen LogP contribution in [-0.4, -0.2) is 82.3 Å². The van der Waals surface area contributed by atoms with Crippen molar-refractivity contribution in [2.75, 3.05) is 43.4 Å². The minimum atomic E-state index is -0.954. The molecule has 0 bridgehead atoms. The van der Waals surface area contributed by atoms with Crippen LogP contribution in [0.1, 0.15) is 72.3 Å². The zero-order valence-corrected chi connectivity index (χ0v) is 31.1. The monoisotopic (exact) mass is 741 g/mol. The Morgan fingerprint density at radius 1 is 1.25 bits per heavy atom. The highest BCUT2D eigenvalue weighted by atomic mass is 35.5. The first kappa shape index (κ1) is 36.9. The Bertz CT molecular complexity index is 2020. The molecule has 5 heterocycles. The van der Waals surface area contributed by atoms with Gasteiger partial charge >= 0.3 is 6.01 Å². The summed E-state index contributed by atoms with van der Waals surface area (Å²) in [6, 6.07) is 5.86. The van der Waals surface area contributed by atoms with Crippen molar-refractivity contribution in [3.63, 3.8) is 0 Å². The minimum Gasteiger partial charge on any atom is -0.461 e. The maximum atomic E-state index is 17.1. The molecule has 51 heavy (non-hydrogen) atoms. The van der Waals surface area contributed by atoms with Crippen LogP contribution in [0.5, 0.6) is 6.01 Å². The number of thiophene rings is 1. The molecule has 14 heteroatoms. The van der Waals surface area contributed by atoms with E-state index in [2.05, 4.69) is 9.88 Å². The van der Waals surface area contributed by atoms with E-state index in [9.17, 15) is 18.8 Å². The molecule has 7 rings (SSSR count). The molecule has 2 aromatic carbocycles. The Balaban J connectivity index is 0.00000220. The van der Waals surface area contributed by atoms with Crippen molar-refractivity contribution in [1.82, 2.24) is 19.8 Å². The Kier molecular flexibility index (Phi) is 10.6. The van der Waals surface area contributed by atoms with Crippen molar-refractivity contribution in [1.29, 1.82) is 5.26 Å². The number of amides is 1. The topological polar surface area (TPSA) is 112 Å². The lowest BCUT2D eigenvalue weighted by Gasteiger charge is -2.35. The molecule has 2 aromatic heterocycles. The Morgan fingerprint density at radius 3 is 2.73 bits per heavy atom. The van der Waals surface area contributed by atoms with E-state index in [0.717, 1.165) is 30.7 Å². The first-order valence-corrected chi connectivity index (χ1v) is 18.9. The summed E-state index contributed by atoms with van der Waals surface area (Å²) in [5, 5.41) is 10.5. The molecule has 3 saturated heterocycles. The fourth-order valence-electron chi connectivity index (χ4n) is 8.28. The number of likely N-dealkylation sites (tertiary alicyclic amines) is 1. The molecule has 0 saturated carbocycles. The van der Waals surface area contributed by atoms with E-state index in [4.69, 9.17) is 27.1 Å². The first-order chi connectivity index (χ1) is 24.5. The second-order valence-electron chi connectivity index (χ2n) is 13.2. The Labute approximate surface area is 305 Å². The lowest BCUT2D eigenvalue weighted by molar-refractivity contribution is -0.131. The Hall–Kier alpha value is -3.86. The van der Waals surface area contributed by atoms with E-state index < -0.39 is 23.3 Å². The molecule has 3 fully saturated rings. The SMILES string of the molecule is CC.CCC(=O)N1CCC(N(CC)c2nc(OCC34CCCN3CC(F)C4)nc3c(F)c(-c4ccc(F)c5sc(N)c(C#N)c45)c(Cl)cc23)C1C. The molecular weight excluding hydrogens is 699 g/mol. The van der Waals surface area contributed by atoms with Crippen molar-refractivity contribution in [2.45, 2.75) is 90.5 Å². The Morgan fingerprint density at radius 2 is 2.02 bits per heavy atom. The average molecular weight is 742 g/mol. The number of carbonyl (C=O) groups is 1. The van der Waals surface area contributed by atoms with Crippen LogP contribution in [0.4, 0.5) is 24.0 Å². The lowest BCUT2D eigenvalue weighted by atomic mass is 9.95. The summed E-state index contributed by atoms with van der Waals surface area (Å²) < 4.78 is 53.0. The molecule has 3 aliphatic rings. The van der Waals surface area contributed by atoms with Gasteiger partial charge in [0.05, 0.1) is 26.9 Å². The van der Waals surface area contributed by atoms with Gasteiger partial charge < -0.3 is 20.3 Å². The van der Waals surface area contributed by atoms with Gasteiger partial charge in [-0.1, -0.05) is 38.4 Å². The predicted molar refractivity (Wildman–Crippen MR) is 197 cm³/mol. The summed E-state index contributed by atoms with van der Waals surface area (Å²) >= 11 is 7.81. The summed E-state index contributed by atoms with van der Waals surface area (Å²) in [6.45, 7) is 12.1. The molecule has 0 spiro atoms. The van der Waals surface area contributed by atoms with Crippen LogP contribution in [0.15, 0.2) is 18.2 Å². The number of likely N-dealkylation sites (N-methyl/N-ethyl adjacent to an activating group) is 1.